The van der Waals surface area contributed by atoms with Gasteiger partial charge in [0, 0.05) is 25.2 Å². The number of nitrogens with zero attached hydrogens (tertiary/aromatic N) is 2. The van der Waals surface area contributed by atoms with Crippen molar-refractivity contribution in [2.75, 3.05) is 6.26 Å². The summed E-state index contributed by atoms with van der Waals surface area (Å²) in [5, 5.41) is 0.790. The van der Waals surface area contributed by atoms with Crippen LogP contribution in [0, 0.1) is 0 Å². The predicted molar refractivity (Wildman–Crippen MR) is 55.4 cm³/mol. The zero-order chi connectivity index (χ0) is 9.97. The minimum atomic E-state index is 0.360. The summed E-state index contributed by atoms with van der Waals surface area (Å²) in [5.74, 6) is 0.724. The van der Waals surface area contributed by atoms with E-state index in [1.807, 2.05) is 18.6 Å². The second kappa shape index (κ2) is 4.09. The van der Waals surface area contributed by atoms with E-state index in [1.165, 1.54) is 11.8 Å². The van der Waals surface area contributed by atoms with Gasteiger partial charge in [0.25, 0.3) is 0 Å². The van der Waals surface area contributed by atoms with Crippen LogP contribution in [0.25, 0.3) is 0 Å². The molecule has 1 unspecified atom stereocenters. The average molecular weight is 208 g/mol. The second-order valence-electron chi connectivity index (χ2n) is 3.48. The highest BCUT2D eigenvalue weighted by atomic mass is 32.2. The Morgan fingerprint density at radius 3 is 2.64 bits per heavy atom. The van der Waals surface area contributed by atoms with Crippen LogP contribution >= 0.6 is 11.8 Å². The third-order valence-electron chi connectivity index (χ3n) is 2.55. The Labute approximate surface area is 87.3 Å². The van der Waals surface area contributed by atoms with E-state index in [0.717, 1.165) is 23.6 Å². The molecule has 3 nitrogen and oxygen atoms in total. The topological polar surface area (TPSA) is 42.9 Å². The van der Waals surface area contributed by atoms with Gasteiger partial charge in [0.1, 0.15) is 5.78 Å². The third kappa shape index (κ3) is 1.95. The zero-order valence-corrected chi connectivity index (χ0v) is 8.88. The molecule has 1 heterocycles. The van der Waals surface area contributed by atoms with Gasteiger partial charge >= 0.3 is 0 Å². The van der Waals surface area contributed by atoms with E-state index in [2.05, 4.69) is 9.97 Å². The van der Waals surface area contributed by atoms with Crippen LogP contribution in [-0.4, -0.2) is 22.0 Å². The van der Waals surface area contributed by atoms with Gasteiger partial charge in [-0.3, -0.25) is 4.79 Å². The number of rotatable bonds is 2. The van der Waals surface area contributed by atoms with E-state index < -0.39 is 0 Å². The van der Waals surface area contributed by atoms with Gasteiger partial charge in [-0.05, 0) is 24.2 Å². The molecule has 2 rings (SSSR count). The van der Waals surface area contributed by atoms with Crippen LogP contribution in [0.1, 0.15) is 30.7 Å². The summed E-state index contributed by atoms with van der Waals surface area (Å²) in [4.78, 5) is 19.5. The number of ketones is 1. The van der Waals surface area contributed by atoms with Gasteiger partial charge < -0.3 is 0 Å². The van der Waals surface area contributed by atoms with E-state index in [1.54, 1.807) is 0 Å². The molecule has 1 fully saturated rings. The number of aromatic nitrogens is 2. The maximum absolute atomic E-state index is 11.1. The first-order chi connectivity index (χ1) is 6.79. The number of carbonyl (C=O) groups is 1. The third-order valence-corrected chi connectivity index (χ3v) is 3.12. The molecule has 1 aromatic rings. The molecule has 1 aliphatic carbocycles. The summed E-state index contributed by atoms with van der Waals surface area (Å²) in [7, 11) is 0. The first kappa shape index (κ1) is 9.65. The van der Waals surface area contributed by atoms with Gasteiger partial charge in [-0.25, -0.2) is 9.97 Å². The molecule has 1 aromatic heterocycles. The Morgan fingerprint density at radius 2 is 2.14 bits per heavy atom. The van der Waals surface area contributed by atoms with E-state index >= 15 is 0 Å². The van der Waals surface area contributed by atoms with E-state index in [-0.39, 0.29) is 0 Å². The minimum Gasteiger partial charge on any atom is -0.300 e. The van der Waals surface area contributed by atoms with Gasteiger partial charge in [-0.2, -0.15) is 0 Å². The molecule has 1 aliphatic rings. The van der Waals surface area contributed by atoms with Gasteiger partial charge in [0.15, 0.2) is 5.16 Å². The molecule has 0 spiro atoms. The molecule has 1 saturated carbocycles. The zero-order valence-electron chi connectivity index (χ0n) is 8.06. The normalized spacial score (nSPS) is 21.5. The molecular weight excluding hydrogens is 196 g/mol. The average Bonchev–Trinajstić information content (AvgIpc) is 2.65. The lowest BCUT2D eigenvalue weighted by Crippen LogP contribution is -1.97. The van der Waals surface area contributed by atoms with Crippen LogP contribution in [0.2, 0.25) is 0 Å². The quantitative estimate of drug-likeness (QED) is 0.551. The molecule has 0 aliphatic heterocycles. The van der Waals surface area contributed by atoms with Gasteiger partial charge in [-0.1, -0.05) is 11.8 Å². The van der Waals surface area contributed by atoms with Crippen molar-refractivity contribution in [1.82, 2.24) is 9.97 Å². The van der Waals surface area contributed by atoms with E-state index in [9.17, 15) is 4.79 Å². The van der Waals surface area contributed by atoms with Crippen LogP contribution < -0.4 is 0 Å². The number of Topliss-reactive ketones (excluding diaryl/α,β-unsaturated/α-hetero) is 1. The van der Waals surface area contributed by atoms with Gasteiger partial charge in [-0.15, -0.1) is 0 Å². The molecule has 0 aromatic carbocycles. The number of thioether (sulfide) groups is 1. The Bertz CT molecular complexity index is 336. The second-order valence-corrected chi connectivity index (χ2v) is 4.25. The molecule has 0 N–H and O–H groups in total. The van der Waals surface area contributed by atoms with Crippen molar-refractivity contribution >= 4 is 17.5 Å². The summed E-state index contributed by atoms with van der Waals surface area (Å²) in [6.07, 6.45) is 8.00. The van der Waals surface area contributed by atoms with Crippen LogP contribution in [0.4, 0.5) is 0 Å². The highest BCUT2D eigenvalue weighted by Gasteiger charge is 2.23. The maximum atomic E-state index is 11.1. The smallest absolute Gasteiger partial charge is 0.187 e. The standard InChI is InChI=1S/C10H12N2OS/c1-14-10-11-5-8(6-12-10)7-2-3-9(13)4-7/h5-7H,2-4H2,1H3. The summed E-state index contributed by atoms with van der Waals surface area (Å²) < 4.78 is 0. The Hall–Kier alpha value is -0.900. The molecule has 0 radical (unpaired) electrons. The largest absolute Gasteiger partial charge is 0.300 e. The summed E-state index contributed by atoms with van der Waals surface area (Å²) in [5.41, 5.74) is 1.11. The molecule has 14 heavy (non-hydrogen) atoms. The molecule has 1 atom stereocenters. The Kier molecular flexibility index (Phi) is 2.82. The van der Waals surface area contributed by atoms with Crippen molar-refractivity contribution in [1.29, 1.82) is 0 Å². The van der Waals surface area contributed by atoms with Crippen molar-refractivity contribution in [3.8, 4) is 0 Å². The fourth-order valence-electron chi connectivity index (χ4n) is 1.74. The fourth-order valence-corrected chi connectivity index (χ4v) is 2.06. The summed E-state index contributed by atoms with van der Waals surface area (Å²) in [6, 6.07) is 0. The number of carbonyl (C=O) groups excluding carboxylic acids is 1. The fraction of sp³-hybridized carbons (Fsp3) is 0.500. The predicted octanol–water partition coefficient (Wildman–Crippen LogP) is 2.04. The maximum Gasteiger partial charge on any atom is 0.187 e. The minimum absolute atomic E-state index is 0.360. The first-order valence-electron chi connectivity index (χ1n) is 4.67. The number of hydrogen-bond donors (Lipinski definition) is 0. The molecule has 0 bridgehead atoms. The molecule has 0 saturated heterocycles. The van der Waals surface area contributed by atoms with Crippen molar-refractivity contribution in [2.45, 2.75) is 30.3 Å². The van der Waals surface area contributed by atoms with Gasteiger partial charge in [0.2, 0.25) is 0 Å². The van der Waals surface area contributed by atoms with Gasteiger partial charge in [0.05, 0.1) is 0 Å². The van der Waals surface area contributed by atoms with Crippen LogP contribution in [-0.2, 0) is 4.79 Å². The van der Waals surface area contributed by atoms with E-state index in [4.69, 9.17) is 0 Å². The molecule has 0 amide bonds. The lowest BCUT2D eigenvalue weighted by Gasteiger charge is -2.06. The molecular formula is C10H12N2OS. The van der Waals surface area contributed by atoms with Crippen molar-refractivity contribution in [3.63, 3.8) is 0 Å². The highest BCUT2D eigenvalue weighted by Crippen LogP contribution is 2.31. The molecule has 74 valence electrons. The lowest BCUT2D eigenvalue weighted by atomic mass is 10.0. The first-order valence-corrected chi connectivity index (χ1v) is 5.89. The van der Waals surface area contributed by atoms with Crippen molar-refractivity contribution < 1.29 is 4.79 Å². The van der Waals surface area contributed by atoms with Crippen LogP contribution in [0.3, 0.4) is 0 Å². The number of hydrogen-bond acceptors (Lipinski definition) is 4. The Morgan fingerprint density at radius 1 is 1.43 bits per heavy atom. The summed E-state index contributed by atoms with van der Waals surface area (Å²) >= 11 is 1.53. The van der Waals surface area contributed by atoms with Crippen LogP contribution in [0.15, 0.2) is 17.6 Å². The SMILES string of the molecule is CSc1ncc(C2CCC(=O)C2)cn1. The lowest BCUT2D eigenvalue weighted by molar-refractivity contribution is -0.117. The van der Waals surface area contributed by atoms with Crippen molar-refractivity contribution in [2.24, 2.45) is 0 Å². The Balaban J connectivity index is 2.13. The highest BCUT2D eigenvalue weighted by molar-refractivity contribution is 7.98. The van der Waals surface area contributed by atoms with Crippen molar-refractivity contribution in [3.05, 3.63) is 18.0 Å². The monoisotopic (exact) mass is 208 g/mol. The summed E-state index contributed by atoms with van der Waals surface area (Å²) in [6.45, 7) is 0. The van der Waals surface area contributed by atoms with E-state index in [0.29, 0.717) is 18.1 Å². The van der Waals surface area contributed by atoms with Crippen LogP contribution in [0.5, 0.6) is 0 Å². The molecule has 4 heteroatoms.